The molecule has 14 heavy (non-hydrogen) atoms. The molecule has 0 aromatic rings. The summed E-state index contributed by atoms with van der Waals surface area (Å²) in [7, 11) is 0. The monoisotopic (exact) mass is 230 g/mol. The highest BCUT2D eigenvalue weighted by Gasteiger charge is 2.75. The summed E-state index contributed by atoms with van der Waals surface area (Å²) in [5, 5.41) is -0.955. The molecule has 0 amide bonds. The molecule has 0 radical (unpaired) electrons. The Labute approximate surface area is 82.7 Å². The molecule has 80 valence electrons. The summed E-state index contributed by atoms with van der Waals surface area (Å²) in [5.41, 5.74) is 0. The second-order valence-corrected chi connectivity index (χ2v) is 3.60. The quantitative estimate of drug-likeness (QED) is 0.405. The van der Waals surface area contributed by atoms with Crippen LogP contribution in [0.5, 0.6) is 0 Å². The first-order chi connectivity index (χ1) is 6.21. The largest absolute Gasteiger partial charge is 0.317 e. The third-order valence-corrected chi connectivity index (χ3v) is 2.53. The number of hydrogen-bond acceptors (Lipinski definition) is 1. The number of halogens is 5. The molecule has 0 saturated heterocycles. The number of hydrogen-bond donors (Lipinski definition) is 0. The van der Waals surface area contributed by atoms with Crippen molar-refractivity contribution in [3.63, 3.8) is 0 Å². The van der Waals surface area contributed by atoms with Crippen LogP contribution in [0.2, 0.25) is 0 Å². The van der Waals surface area contributed by atoms with Crippen LogP contribution in [0.15, 0.2) is 12.2 Å². The van der Waals surface area contributed by atoms with E-state index in [-0.39, 0.29) is 0 Å². The Morgan fingerprint density at radius 3 is 2.14 bits per heavy atom. The highest BCUT2D eigenvalue weighted by atomic mass is 35.5. The van der Waals surface area contributed by atoms with Crippen molar-refractivity contribution < 1.29 is 22.4 Å². The summed E-state index contributed by atoms with van der Waals surface area (Å²) in [6.07, 6.45) is 1.41. The Morgan fingerprint density at radius 2 is 1.79 bits per heavy atom. The second kappa shape index (κ2) is 3.22. The van der Waals surface area contributed by atoms with E-state index in [1.807, 2.05) is 0 Å². The first kappa shape index (κ1) is 11.5. The molecular formula is C8H7ClF4O. The molecule has 1 rings (SSSR count). The van der Waals surface area contributed by atoms with Gasteiger partial charge in [-0.3, -0.25) is 4.79 Å². The van der Waals surface area contributed by atoms with E-state index in [1.165, 1.54) is 0 Å². The van der Waals surface area contributed by atoms with Crippen LogP contribution >= 0.6 is 11.6 Å². The predicted molar refractivity (Wildman–Crippen MR) is 42.5 cm³/mol. The van der Waals surface area contributed by atoms with Crippen LogP contribution in [0.4, 0.5) is 17.6 Å². The fraction of sp³-hybridized carbons (Fsp3) is 0.625. The fourth-order valence-electron chi connectivity index (χ4n) is 1.44. The van der Waals surface area contributed by atoms with Crippen molar-refractivity contribution in [2.75, 3.05) is 0 Å². The summed E-state index contributed by atoms with van der Waals surface area (Å²) in [4.78, 5) is 10.2. The lowest BCUT2D eigenvalue weighted by Gasteiger charge is -2.48. The molecule has 2 atom stereocenters. The lowest BCUT2D eigenvalue weighted by Crippen LogP contribution is -2.64. The van der Waals surface area contributed by atoms with E-state index in [1.54, 1.807) is 0 Å². The third kappa shape index (κ3) is 1.43. The average molecular weight is 231 g/mol. The zero-order valence-corrected chi connectivity index (χ0v) is 7.86. The first-order valence-corrected chi connectivity index (χ1v) is 4.22. The van der Waals surface area contributed by atoms with E-state index in [4.69, 9.17) is 11.6 Å². The molecule has 1 saturated carbocycles. The van der Waals surface area contributed by atoms with Gasteiger partial charge in [0, 0.05) is 5.92 Å². The van der Waals surface area contributed by atoms with Crippen LogP contribution < -0.4 is 0 Å². The summed E-state index contributed by atoms with van der Waals surface area (Å²) >= 11 is 4.86. The topological polar surface area (TPSA) is 17.1 Å². The molecule has 0 N–H and O–H groups in total. The van der Waals surface area contributed by atoms with Crippen molar-refractivity contribution in [3.05, 3.63) is 12.2 Å². The lowest BCUT2D eigenvalue weighted by molar-refractivity contribution is -0.336. The van der Waals surface area contributed by atoms with Gasteiger partial charge < -0.3 is 0 Å². The summed E-state index contributed by atoms with van der Waals surface area (Å²) in [5.74, 6) is -11.2. The van der Waals surface area contributed by atoms with E-state index < -0.39 is 28.9 Å². The second-order valence-electron chi connectivity index (χ2n) is 3.22. The first-order valence-electron chi connectivity index (χ1n) is 3.84. The van der Waals surface area contributed by atoms with Crippen molar-refractivity contribution in [1.82, 2.24) is 0 Å². The maximum absolute atomic E-state index is 12.7. The van der Waals surface area contributed by atoms with Gasteiger partial charge in [0.2, 0.25) is 5.24 Å². The average Bonchev–Trinajstić information content (AvgIpc) is 2.02. The van der Waals surface area contributed by atoms with E-state index >= 15 is 0 Å². The van der Waals surface area contributed by atoms with Gasteiger partial charge in [0.05, 0.1) is 5.92 Å². The lowest BCUT2D eigenvalue weighted by atomic mass is 9.67. The number of carbonyl (C=O) groups excluding carboxylic acids is 1. The number of rotatable bonds is 2. The van der Waals surface area contributed by atoms with Gasteiger partial charge >= 0.3 is 11.8 Å². The zero-order chi connectivity index (χ0) is 11.1. The molecule has 0 bridgehead atoms. The van der Waals surface area contributed by atoms with E-state index in [0.717, 1.165) is 13.0 Å². The van der Waals surface area contributed by atoms with Crippen LogP contribution in [0.25, 0.3) is 0 Å². The standard InChI is InChI=1S/C8H7ClF4O/c1-4-5(2-3-6(9)14)8(12,13)7(4,10)11/h2-5H,1H3. The summed E-state index contributed by atoms with van der Waals surface area (Å²) < 4.78 is 50.6. The van der Waals surface area contributed by atoms with Crippen LogP contribution in [-0.2, 0) is 4.79 Å². The van der Waals surface area contributed by atoms with E-state index in [9.17, 15) is 22.4 Å². The van der Waals surface area contributed by atoms with Crippen LogP contribution in [0.3, 0.4) is 0 Å². The van der Waals surface area contributed by atoms with Crippen LogP contribution in [-0.4, -0.2) is 17.1 Å². The van der Waals surface area contributed by atoms with Gasteiger partial charge in [-0.15, -0.1) is 0 Å². The highest BCUT2D eigenvalue weighted by Crippen LogP contribution is 2.59. The Balaban J connectivity index is 2.80. The van der Waals surface area contributed by atoms with Gasteiger partial charge in [0.1, 0.15) is 0 Å². The number of alkyl halides is 4. The van der Waals surface area contributed by atoms with Crippen molar-refractivity contribution in [1.29, 1.82) is 0 Å². The Bertz CT molecular complexity index is 287. The maximum Gasteiger partial charge on any atom is 0.317 e. The number of carbonyl (C=O) groups is 1. The van der Waals surface area contributed by atoms with Gasteiger partial charge in [0.25, 0.3) is 0 Å². The van der Waals surface area contributed by atoms with Gasteiger partial charge in [0.15, 0.2) is 0 Å². The number of allylic oxidation sites excluding steroid dienone is 2. The molecular weight excluding hydrogens is 224 g/mol. The van der Waals surface area contributed by atoms with Gasteiger partial charge in [-0.2, -0.15) is 17.6 Å². The van der Waals surface area contributed by atoms with Crippen molar-refractivity contribution in [2.24, 2.45) is 11.8 Å². The molecule has 0 aromatic carbocycles. The summed E-state index contributed by atoms with van der Waals surface area (Å²) in [6.45, 7) is 1.01. The molecule has 0 spiro atoms. The Hall–Kier alpha value is -0.580. The molecule has 6 heteroatoms. The van der Waals surface area contributed by atoms with Crippen LogP contribution in [0.1, 0.15) is 6.92 Å². The zero-order valence-electron chi connectivity index (χ0n) is 7.11. The molecule has 0 heterocycles. The molecule has 2 unspecified atom stereocenters. The normalized spacial score (nSPS) is 34.1. The SMILES string of the molecule is CC1C(C=CC(=O)Cl)C(F)(F)C1(F)F. The van der Waals surface area contributed by atoms with Crippen molar-refractivity contribution in [2.45, 2.75) is 18.8 Å². The molecule has 1 nitrogen and oxygen atoms in total. The van der Waals surface area contributed by atoms with Gasteiger partial charge in [-0.1, -0.05) is 13.0 Å². The maximum atomic E-state index is 12.7. The minimum Gasteiger partial charge on any atom is -0.276 e. The molecule has 1 fully saturated rings. The molecule has 0 aromatic heterocycles. The van der Waals surface area contributed by atoms with Crippen LogP contribution in [0, 0.1) is 11.8 Å². The fourth-order valence-corrected chi connectivity index (χ4v) is 1.51. The minimum atomic E-state index is -4.09. The summed E-state index contributed by atoms with van der Waals surface area (Å²) in [6, 6.07) is 0. The Kier molecular flexibility index (Phi) is 2.65. The molecule has 0 aliphatic heterocycles. The predicted octanol–water partition coefficient (Wildman–Crippen LogP) is 2.84. The molecule has 1 aliphatic carbocycles. The third-order valence-electron chi connectivity index (χ3n) is 2.41. The highest BCUT2D eigenvalue weighted by molar-refractivity contribution is 6.66. The van der Waals surface area contributed by atoms with E-state index in [0.29, 0.717) is 6.08 Å². The van der Waals surface area contributed by atoms with Crippen molar-refractivity contribution >= 4 is 16.8 Å². The molecule has 1 aliphatic rings. The Morgan fingerprint density at radius 1 is 1.29 bits per heavy atom. The van der Waals surface area contributed by atoms with Crippen molar-refractivity contribution in [3.8, 4) is 0 Å². The smallest absolute Gasteiger partial charge is 0.276 e. The minimum absolute atomic E-state index is 0.672. The van der Waals surface area contributed by atoms with Gasteiger partial charge in [-0.25, -0.2) is 0 Å². The van der Waals surface area contributed by atoms with E-state index in [2.05, 4.69) is 0 Å². The van der Waals surface area contributed by atoms with Gasteiger partial charge in [-0.05, 0) is 17.7 Å².